The van der Waals surface area contributed by atoms with Gasteiger partial charge in [-0.2, -0.15) is 4.31 Å². The first kappa shape index (κ1) is 20.7. The minimum atomic E-state index is -3.71. The third-order valence-electron chi connectivity index (χ3n) is 6.04. The van der Waals surface area contributed by atoms with Gasteiger partial charge < -0.3 is 10.1 Å². The van der Waals surface area contributed by atoms with Crippen molar-refractivity contribution in [3.63, 3.8) is 0 Å². The molecule has 2 aliphatic rings. The molecule has 0 radical (unpaired) electrons. The topological polar surface area (TPSA) is 75.7 Å². The zero-order valence-electron chi connectivity index (χ0n) is 17.5. The molecule has 164 valence electrons. The number of carbonyl (C=O) groups excluding carboxylic acids is 1. The van der Waals surface area contributed by atoms with Crippen LogP contribution in [-0.4, -0.2) is 37.8 Å². The van der Waals surface area contributed by atoms with E-state index in [2.05, 4.69) is 5.32 Å². The van der Waals surface area contributed by atoms with E-state index in [9.17, 15) is 13.2 Å². The van der Waals surface area contributed by atoms with Crippen molar-refractivity contribution in [2.24, 2.45) is 0 Å². The number of ether oxygens (including phenoxy) is 1. The summed E-state index contributed by atoms with van der Waals surface area (Å²) < 4.78 is 33.8. The van der Waals surface area contributed by atoms with E-state index >= 15 is 0 Å². The maximum absolute atomic E-state index is 13.3. The van der Waals surface area contributed by atoms with Gasteiger partial charge in [0.25, 0.3) is 5.91 Å². The van der Waals surface area contributed by atoms with Gasteiger partial charge in [0.05, 0.1) is 10.9 Å². The lowest BCUT2D eigenvalue weighted by Crippen LogP contribution is -2.42. The Balaban J connectivity index is 1.32. The predicted octanol–water partition coefficient (Wildman–Crippen LogP) is 3.17. The number of fused-ring (bicyclic) bond motifs is 2. The van der Waals surface area contributed by atoms with Crippen molar-refractivity contribution in [1.82, 2.24) is 9.62 Å². The number of nitrogens with one attached hydrogen (secondary N) is 1. The molecule has 0 aliphatic carbocycles. The van der Waals surface area contributed by atoms with E-state index in [0.717, 1.165) is 16.9 Å². The standard InChI is InChI=1S/C25H24N2O4S/c28-25(26-22-14-19-7-3-4-11-24(19)31-17-22)20-9-5-10-23(15-20)32(29,30)27-13-12-18-6-1-2-8-21(18)16-27/h1-11,15,22H,12-14,16-17H2,(H,26,28). The molecule has 3 aromatic rings. The van der Waals surface area contributed by atoms with Crippen molar-refractivity contribution in [3.05, 3.63) is 95.1 Å². The summed E-state index contributed by atoms with van der Waals surface area (Å²) in [5.74, 6) is 0.535. The highest BCUT2D eigenvalue weighted by Gasteiger charge is 2.29. The van der Waals surface area contributed by atoms with Crippen molar-refractivity contribution in [2.45, 2.75) is 30.3 Å². The summed E-state index contributed by atoms with van der Waals surface area (Å²) >= 11 is 0. The molecule has 0 spiro atoms. The minimum Gasteiger partial charge on any atom is -0.491 e. The van der Waals surface area contributed by atoms with Gasteiger partial charge in [0.15, 0.2) is 0 Å². The molecule has 3 aromatic carbocycles. The second-order valence-corrected chi connectivity index (χ2v) is 10.1. The normalized spacial score (nSPS) is 18.2. The molecule has 5 rings (SSSR count). The van der Waals surface area contributed by atoms with Gasteiger partial charge in [0.2, 0.25) is 10.0 Å². The highest BCUT2D eigenvalue weighted by Crippen LogP contribution is 2.26. The van der Waals surface area contributed by atoms with Crippen LogP contribution in [0.4, 0.5) is 0 Å². The maximum atomic E-state index is 13.3. The lowest BCUT2D eigenvalue weighted by atomic mass is 10.0. The Morgan fingerprint density at radius 1 is 0.938 bits per heavy atom. The van der Waals surface area contributed by atoms with Crippen LogP contribution in [0.2, 0.25) is 0 Å². The number of carbonyl (C=O) groups is 1. The molecule has 1 N–H and O–H groups in total. The average molecular weight is 449 g/mol. The molecule has 2 heterocycles. The average Bonchev–Trinajstić information content (AvgIpc) is 2.83. The lowest BCUT2D eigenvalue weighted by Gasteiger charge is -2.28. The van der Waals surface area contributed by atoms with Crippen molar-refractivity contribution in [2.75, 3.05) is 13.2 Å². The van der Waals surface area contributed by atoms with Crippen LogP contribution < -0.4 is 10.1 Å². The van der Waals surface area contributed by atoms with E-state index in [0.29, 0.717) is 38.1 Å². The highest BCUT2D eigenvalue weighted by atomic mass is 32.2. The summed E-state index contributed by atoms with van der Waals surface area (Å²) in [4.78, 5) is 13.0. The van der Waals surface area contributed by atoms with Gasteiger partial charge in [-0.1, -0.05) is 48.5 Å². The zero-order chi connectivity index (χ0) is 22.1. The number of hydrogen-bond acceptors (Lipinski definition) is 4. The molecule has 7 heteroatoms. The Kier molecular flexibility index (Phi) is 5.45. The second-order valence-electron chi connectivity index (χ2n) is 8.18. The van der Waals surface area contributed by atoms with Gasteiger partial charge in [-0.05, 0) is 53.8 Å². The fraction of sp³-hybridized carbons (Fsp3) is 0.240. The van der Waals surface area contributed by atoms with Gasteiger partial charge in [-0.3, -0.25) is 4.79 Å². The zero-order valence-corrected chi connectivity index (χ0v) is 18.3. The molecule has 32 heavy (non-hydrogen) atoms. The Morgan fingerprint density at radius 3 is 2.53 bits per heavy atom. The molecule has 1 amide bonds. The quantitative estimate of drug-likeness (QED) is 0.665. The van der Waals surface area contributed by atoms with Crippen LogP contribution in [0.25, 0.3) is 0 Å². The van der Waals surface area contributed by atoms with E-state index in [1.54, 1.807) is 18.2 Å². The number of para-hydroxylation sites is 1. The smallest absolute Gasteiger partial charge is 0.251 e. The Labute approximate surface area is 187 Å². The van der Waals surface area contributed by atoms with Crippen LogP contribution >= 0.6 is 0 Å². The predicted molar refractivity (Wildman–Crippen MR) is 121 cm³/mol. The fourth-order valence-corrected chi connectivity index (χ4v) is 5.78. The van der Waals surface area contributed by atoms with Gasteiger partial charge >= 0.3 is 0 Å². The number of hydrogen-bond donors (Lipinski definition) is 1. The number of benzene rings is 3. The number of sulfonamides is 1. The molecule has 1 atom stereocenters. The van der Waals surface area contributed by atoms with Crippen molar-refractivity contribution < 1.29 is 17.9 Å². The van der Waals surface area contributed by atoms with E-state index in [-0.39, 0.29) is 16.8 Å². The van der Waals surface area contributed by atoms with Crippen LogP contribution in [0, 0.1) is 0 Å². The number of nitrogens with zero attached hydrogens (tertiary/aromatic N) is 1. The SMILES string of the molecule is O=C(NC1COc2ccccc2C1)c1cccc(S(=O)(=O)N2CCc3ccccc3C2)c1. The van der Waals surface area contributed by atoms with Crippen molar-refractivity contribution in [1.29, 1.82) is 0 Å². The Bertz CT molecular complexity index is 1270. The molecule has 2 aliphatic heterocycles. The summed E-state index contributed by atoms with van der Waals surface area (Å²) in [5.41, 5.74) is 3.57. The summed E-state index contributed by atoms with van der Waals surface area (Å²) in [6.07, 6.45) is 1.35. The van der Waals surface area contributed by atoms with E-state index in [4.69, 9.17) is 4.74 Å². The summed E-state index contributed by atoms with van der Waals surface area (Å²) in [7, 11) is -3.71. The first-order valence-electron chi connectivity index (χ1n) is 10.7. The summed E-state index contributed by atoms with van der Waals surface area (Å²) in [5, 5.41) is 2.97. The van der Waals surface area contributed by atoms with E-state index in [1.807, 2.05) is 48.5 Å². The first-order valence-corrected chi connectivity index (χ1v) is 12.1. The van der Waals surface area contributed by atoms with Gasteiger partial charge in [0, 0.05) is 18.7 Å². The van der Waals surface area contributed by atoms with Crippen LogP contribution in [0.3, 0.4) is 0 Å². The monoisotopic (exact) mass is 448 g/mol. The molecule has 0 bridgehead atoms. The molecular formula is C25H24N2O4S. The van der Waals surface area contributed by atoms with Gasteiger partial charge in [0.1, 0.15) is 12.4 Å². The van der Waals surface area contributed by atoms with E-state index < -0.39 is 10.0 Å². The molecule has 6 nitrogen and oxygen atoms in total. The lowest BCUT2D eigenvalue weighted by molar-refractivity contribution is 0.0915. The fourth-order valence-electron chi connectivity index (χ4n) is 4.31. The summed E-state index contributed by atoms with van der Waals surface area (Å²) in [6.45, 7) is 1.15. The molecule has 0 saturated heterocycles. The van der Waals surface area contributed by atoms with Crippen molar-refractivity contribution >= 4 is 15.9 Å². The Morgan fingerprint density at radius 2 is 1.69 bits per heavy atom. The number of amides is 1. The molecule has 1 unspecified atom stereocenters. The molecular weight excluding hydrogens is 424 g/mol. The Hall–Kier alpha value is -3.16. The molecule has 0 saturated carbocycles. The van der Waals surface area contributed by atoms with Crippen LogP contribution in [0.15, 0.2) is 77.7 Å². The highest BCUT2D eigenvalue weighted by molar-refractivity contribution is 7.89. The van der Waals surface area contributed by atoms with Crippen molar-refractivity contribution in [3.8, 4) is 5.75 Å². The van der Waals surface area contributed by atoms with Gasteiger partial charge in [-0.15, -0.1) is 0 Å². The third kappa shape index (κ3) is 4.01. The number of rotatable bonds is 4. The molecule has 0 aromatic heterocycles. The largest absolute Gasteiger partial charge is 0.491 e. The first-order chi connectivity index (χ1) is 15.5. The third-order valence-corrected chi connectivity index (χ3v) is 7.88. The van der Waals surface area contributed by atoms with Crippen LogP contribution in [0.1, 0.15) is 27.0 Å². The minimum absolute atomic E-state index is 0.134. The summed E-state index contributed by atoms with van der Waals surface area (Å²) in [6, 6.07) is 21.8. The maximum Gasteiger partial charge on any atom is 0.251 e. The molecule has 0 fully saturated rings. The van der Waals surface area contributed by atoms with Gasteiger partial charge in [-0.25, -0.2) is 8.42 Å². The van der Waals surface area contributed by atoms with Crippen LogP contribution in [0.5, 0.6) is 5.75 Å². The second kappa shape index (κ2) is 8.41. The van der Waals surface area contributed by atoms with E-state index in [1.165, 1.54) is 15.9 Å². The van der Waals surface area contributed by atoms with Crippen LogP contribution in [-0.2, 0) is 29.4 Å².